The molecular weight excluding hydrogens is 397 g/mol. The minimum atomic E-state index is -0.709. The first-order valence-corrected chi connectivity index (χ1v) is 9.78. The molecule has 2 amide bonds. The zero-order valence-corrected chi connectivity index (χ0v) is 16.6. The second-order valence-corrected chi connectivity index (χ2v) is 7.17. The van der Waals surface area contributed by atoms with E-state index in [0.29, 0.717) is 31.3 Å². The summed E-state index contributed by atoms with van der Waals surface area (Å²) in [5.41, 5.74) is 1.71. The summed E-state index contributed by atoms with van der Waals surface area (Å²) < 4.78 is 18.7. The van der Waals surface area contributed by atoms with Crippen molar-refractivity contribution in [1.29, 1.82) is 0 Å². The molecule has 0 spiro atoms. The van der Waals surface area contributed by atoms with Crippen molar-refractivity contribution in [3.8, 4) is 0 Å². The smallest absolute Gasteiger partial charge is 0.309 e. The van der Waals surface area contributed by atoms with Crippen LogP contribution in [0.5, 0.6) is 0 Å². The Bertz CT molecular complexity index is 824. The fraction of sp³-hybridized carbons (Fsp3) is 0.333. The van der Waals surface area contributed by atoms with Crippen LogP contribution in [0.4, 0.5) is 4.39 Å². The molecule has 0 radical (unpaired) electrons. The molecule has 6 nitrogen and oxygen atoms in total. The molecule has 3 rings (SSSR count). The Morgan fingerprint density at radius 1 is 1.00 bits per heavy atom. The first-order chi connectivity index (χ1) is 14.0. The number of hydrogen-bond acceptors (Lipinski definition) is 4. The van der Waals surface area contributed by atoms with Crippen LogP contribution in [-0.2, 0) is 20.9 Å². The molecule has 0 aliphatic carbocycles. The Balaban J connectivity index is 1.57. The summed E-state index contributed by atoms with van der Waals surface area (Å²) >= 11 is 5.83. The normalized spacial score (nSPS) is 15.5. The van der Waals surface area contributed by atoms with Crippen LogP contribution in [0.3, 0.4) is 0 Å². The van der Waals surface area contributed by atoms with Crippen LogP contribution in [0.25, 0.3) is 0 Å². The molecule has 29 heavy (non-hydrogen) atoms. The number of morpholine rings is 1. The van der Waals surface area contributed by atoms with Crippen LogP contribution >= 0.6 is 11.6 Å². The largest absolute Gasteiger partial charge is 0.379 e. The average Bonchev–Trinajstić information content (AvgIpc) is 2.75. The lowest BCUT2D eigenvalue weighted by Gasteiger charge is -2.34. The van der Waals surface area contributed by atoms with E-state index >= 15 is 0 Å². The summed E-state index contributed by atoms with van der Waals surface area (Å²) in [5, 5.41) is 5.89. The molecule has 1 unspecified atom stereocenters. The molecule has 1 atom stereocenters. The first kappa shape index (κ1) is 21.2. The van der Waals surface area contributed by atoms with Crippen LogP contribution in [0.15, 0.2) is 48.5 Å². The van der Waals surface area contributed by atoms with Gasteiger partial charge in [-0.25, -0.2) is 4.39 Å². The number of benzene rings is 2. The monoisotopic (exact) mass is 419 g/mol. The molecule has 1 fully saturated rings. The maximum Gasteiger partial charge on any atom is 0.309 e. The quantitative estimate of drug-likeness (QED) is 0.705. The van der Waals surface area contributed by atoms with Gasteiger partial charge in [-0.2, -0.15) is 0 Å². The lowest BCUT2D eigenvalue weighted by Crippen LogP contribution is -2.46. The minimum absolute atomic E-state index is 0.174. The van der Waals surface area contributed by atoms with Crippen LogP contribution in [-0.4, -0.2) is 49.6 Å². The summed E-state index contributed by atoms with van der Waals surface area (Å²) in [4.78, 5) is 26.5. The number of nitrogens with one attached hydrogen (secondary N) is 2. The number of carbonyl (C=O) groups is 2. The molecule has 1 aliphatic rings. The molecule has 154 valence electrons. The highest BCUT2D eigenvalue weighted by Crippen LogP contribution is 2.21. The highest BCUT2D eigenvalue weighted by atomic mass is 35.5. The van der Waals surface area contributed by atoms with Gasteiger partial charge in [0.15, 0.2) is 0 Å². The Kier molecular flexibility index (Phi) is 7.57. The molecule has 0 bridgehead atoms. The minimum Gasteiger partial charge on any atom is -0.379 e. The van der Waals surface area contributed by atoms with E-state index in [0.717, 1.165) is 11.1 Å². The summed E-state index contributed by atoms with van der Waals surface area (Å²) in [7, 11) is 0. The van der Waals surface area contributed by atoms with Crippen LogP contribution in [0.1, 0.15) is 17.2 Å². The van der Waals surface area contributed by atoms with E-state index in [2.05, 4.69) is 15.5 Å². The van der Waals surface area contributed by atoms with Crippen LogP contribution in [0.2, 0.25) is 5.02 Å². The van der Waals surface area contributed by atoms with E-state index in [4.69, 9.17) is 16.3 Å². The molecule has 2 N–H and O–H groups in total. The molecule has 2 aromatic carbocycles. The van der Waals surface area contributed by atoms with Gasteiger partial charge in [0, 0.05) is 31.2 Å². The molecular formula is C21H23ClFN3O3. The molecule has 1 heterocycles. The molecule has 8 heteroatoms. The topological polar surface area (TPSA) is 70.7 Å². The van der Waals surface area contributed by atoms with Gasteiger partial charge in [0.1, 0.15) is 5.82 Å². The van der Waals surface area contributed by atoms with E-state index in [-0.39, 0.29) is 24.9 Å². The number of carbonyl (C=O) groups excluding carboxylic acids is 2. The van der Waals surface area contributed by atoms with E-state index in [1.54, 1.807) is 36.4 Å². The van der Waals surface area contributed by atoms with E-state index in [1.165, 1.54) is 12.1 Å². The Hall–Kier alpha value is -2.48. The maximum absolute atomic E-state index is 13.3. The predicted molar refractivity (Wildman–Crippen MR) is 108 cm³/mol. The number of amides is 2. The summed E-state index contributed by atoms with van der Waals surface area (Å²) in [6.45, 7) is 3.04. The SMILES string of the molecule is O=C(NCc1ccc(Cl)cc1)C(=O)NCC(c1ccc(F)cc1)N1CCOCC1. The van der Waals surface area contributed by atoms with Crippen molar-refractivity contribution in [2.75, 3.05) is 32.8 Å². The number of ether oxygens (including phenoxy) is 1. The van der Waals surface area contributed by atoms with Crippen LogP contribution in [0, 0.1) is 5.82 Å². The van der Waals surface area contributed by atoms with E-state index < -0.39 is 11.8 Å². The highest BCUT2D eigenvalue weighted by Gasteiger charge is 2.24. The second-order valence-electron chi connectivity index (χ2n) is 6.73. The average molecular weight is 420 g/mol. The van der Waals surface area contributed by atoms with Crippen molar-refractivity contribution in [2.45, 2.75) is 12.6 Å². The number of halogens is 2. The van der Waals surface area contributed by atoms with Crippen molar-refractivity contribution in [3.05, 3.63) is 70.5 Å². The Morgan fingerprint density at radius 3 is 2.28 bits per heavy atom. The van der Waals surface area contributed by atoms with Crippen LogP contribution < -0.4 is 10.6 Å². The highest BCUT2D eigenvalue weighted by molar-refractivity contribution is 6.35. The molecule has 1 saturated heterocycles. The fourth-order valence-electron chi connectivity index (χ4n) is 3.17. The molecule has 2 aromatic rings. The molecule has 0 aromatic heterocycles. The standard InChI is InChI=1S/C21H23ClFN3O3/c22-17-5-1-15(2-6-17)13-24-20(27)21(28)25-14-19(26-9-11-29-12-10-26)16-3-7-18(23)8-4-16/h1-8,19H,9-14H2,(H,24,27)(H,25,28). The van der Waals surface area contributed by atoms with Crippen molar-refractivity contribution >= 4 is 23.4 Å². The molecule has 1 aliphatic heterocycles. The van der Waals surface area contributed by atoms with Gasteiger partial charge < -0.3 is 15.4 Å². The van der Waals surface area contributed by atoms with Gasteiger partial charge in [-0.15, -0.1) is 0 Å². The third-order valence-electron chi connectivity index (χ3n) is 4.77. The first-order valence-electron chi connectivity index (χ1n) is 9.40. The van der Waals surface area contributed by atoms with Gasteiger partial charge in [-0.1, -0.05) is 35.9 Å². The van der Waals surface area contributed by atoms with Crippen molar-refractivity contribution in [1.82, 2.24) is 15.5 Å². The number of rotatable bonds is 6. The van der Waals surface area contributed by atoms with Gasteiger partial charge in [0.05, 0.1) is 19.3 Å². The zero-order chi connectivity index (χ0) is 20.6. The summed E-state index contributed by atoms with van der Waals surface area (Å²) in [6.07, 6.45) is 0. The predicted octanol–water partition coefficient (Wildman–Crippen LogP) is 2.29. The van der Waals surface area contributed by atoms with Gasteiger partial charge in [0.2, 0.25) is 0 Å². The number of nitrogens with zero attached hydrogens (tertiary/aromatic N) is 1. The lowest BCUT2D eigenvalue weighted by molar-refractivity contribution is -0.139. The summed E-state index contributed by atoms with van der Waals surface area (Å²) in [6, 6.07) is 13.0. The zero-order valence-electron chi connectivity index (χ0n) is 15.9. The van der Waals surface area contributed by atoms with Gasteiger partial charge in [0.25, 0.3) is 0 Å². The van der Waals surface area contributed by atoms with Crippen molar-refractivity contribution < 1.29 is 18.7 Å². The van der Waals surface area contributed by atoms with E-state index in [1.807, 2.05) is 0 Å². The van der Waals surface area contributed by atoms with Gasteiger partial charge >= 0.3 is 11.8 Å². The third kappa shape index (κ3) is 6.25. The molecule has 0 saturated carbocycles. The number of hydrogen-bond donors (Lipinski definition) is 2. The lowest BCUT2D eigenvalue weighted by atomic mass is 10.0. The third-order valence-corrected chi connectivity index (χ3v) is 5.02. The van der Waals surface area contributed by atoms with Gasteiger partial charge in [-0.05, 0) is 35.4 Å². The van der Waals surface area contributed by atoms with Crippen molar-refractivity contribution in [2.24, 2.45) is 0 Å². The summed E-state index contributed by atoms with van der Waals surface area (Å²) in [5.74, 6) is -1.74. The Morgan fingerprint density at radius 2 is 1.62 bits per heavy atom. The second kappa shape index (κ2) is 10.3. The Labute approximate surface area is 174 Å². The van der Waals surface area contributed by atoms with Crippen molar-refractivity contribution in [3.63, 3.8) is 0 Å². The van der Waals surface area contributed by atoms with Gasteiger partial charge in [-0.3, -0.25) is 14.5 Å². The maximum atomic E-state index is 13.3. The fourth-order valence-corrected chi connectivity index (χ4v) is 3.29. The van der Waals surface area contributed by atoms with E-state index in [9.17, 15) is 14.0 Å².